The fourth-order valence-electron chi connectivity index (χ4n) is 3.74. The lowest BCUT2D eigenvalue weighted by atomic mass is 9.91. The number of benzene rings is 2. The molecule has 0 aliphatic carbocycles. The van der Waals surface area contributed by atoms with Gasteiger partial charge in [-0.15, -0.1) is 0 Å². The lowest BCUT2D eigenvalue weighted by Gasteiger charge is -2.41. The molecule has 0 spiro atoms. The van der Waals surface area contributed by atoms with Gasteiger partial charge in [-0.1, -0.05) is 34.1 Å². The summed E-state index contributed by atoms with van der Waals surface area (Å²) in [6.45, 7) is -0.0332. The number of alkyl halides is 7. The van der Waals surface area contributed by atoms with Crippen molar-refractivity contribution in [3.8, 4) is 11.5 Å². The summed E-state index contributed by atoms with van der Waals surface area (Å²) >= 11 is 3.14. The fourth-order valence-corrected chi connectivity index (χ4v) is 4.00. The van der Waals surface area contributed by atoms with Crippen molar-refractivity contribution >= 4 is 27.5 Å². The Labute approximate surface area is 207 Å². The molecule has 1 atom stereocenters. The third-order valence-electron chi connectivity index (χ3n) is 5.72. The van der Waals surface area contributed by atoms with Crippen LogP contribution in [0.2, 0.25) is 0 Å². The van der Waals surface area contributed by atoms with Gasteiger partial charge in [0.1, 0.15) is 0 Å². The molecule has 0 fully saturated rings. The van der Waals surface area contributed by atoms with Gasteiger partial charge in [0.05, 0.1) is 5.71 Å². The summed E-state index contributed by atoms with van der Waals surface area (Å²) in [5.41, 5.74) is -4.27. The van der Waals surface area contributed by atoms with E-state index in [1.54, 1.807) is 0 Å². The molecule has 4 rings (SSSR count). The normalized spacial score (nSPS) is 20.0. The maximum Gasteiger partial charge on any atom is 0.460 e. The molecule has 194 valence electrons. The molecule has 2 aromatic rings. The zero-order valence-electron chi connectivity index (χ0n) is 18.0. The first-order valence-corrected chi connectivity index (χ1v) is 11.1. The van der Waals surface area contributed by atoms with E-state index in [-0.39, 0.29) is 23.8 Å². The van der Waals surface area contributed by atoms with Crippen LogP contribution in [-0.2, 0) is 11.2 Å². The highest BCUT2D eigenvalue weighted by Crippen LogP contribution is 2.54. The number of amides is 1. The second-order valence-electron chi connectivity index (χ2n) is 8.09. The summed E-state index contributed by atoms with van der Waals surface area (Å²) in [6.07, 6.45) is -8.98. The summed E-state index contributed by atoms with van der Waals surface area (Å²) in [4.78, 5) is 12.9. The summed E-state index contributed by atoms with van der Waals surface area (Å²) < 4.78 is 107. The molecule has 1 N–H and O–H groups in total. The van der Waals surface area contributed by atoms with Gasteiger partial charge < -0.3 is 14.6 Å². The zero-order chi connectivity index (χ0) is 26.5. The maximum absolute atomic E-state index is 14.8. The number of aryl methyl sites for hydroxylation is 1. The van der Waals surface area contributed by atoms with Crippen molar-refractivity contribution in [1.82, 2.24) is 5.01 Å². The van der Waals surface area contributed by atoms with Crippen LogP contribution < -0.4 is 9.47 Å². The highest BCUT2D eigenvalue weighted by atomic mass is 79.9. The fraction of sp³-hybridized carbons (Fsp3) is 0.364. The van der Waals surface area contributed by atoms with Gasteiger partial charge in [-0.2, -0.15) is 40.8 Å². The first kappa shape index (κ1) is 26.2. The molecule has 6 nitrogen and oxygen atoms in total. The van der Waals surface area contributed by atoms with Crippen LogP contribution in [0.1, 0.15) is 24.0 Å². The smallest absolute Gasteiger partial charge is 0.454 e. The van der Waals surface area contributed by atoms with Crippen LogP contribution in [0.5, 0.6) is 11.5 Å². The zero-order valence-corrected chi connectivity index (χ0v) is 19.5. The number of carbonyl (C=O) groups is 1. The van der Waals surface area contributed by atoms with Crippen LogP contribution >= 0.6 is 15.9 Å². The van der Waals surface area contributed by atoms with Crippen molar-refractivity contribution < 1.29 is 50.1 Å². The van der Waals surface area contributed by atoms with Crippen molar-refractivity contribution in [2.75, 3.05) is 6.79 Å². The van der Waals surface area contributed by atoms with E-state index in [2.05, 4.69) is 21.0 Å². The van der Waals surface area contributed by atoms with Gasteiger partial charge in [0.15, 0.2) is 11.5 Å². The van der Waals surface area contributed by atoms with Crippen LogP contribution in [0.4, 0.5) is 30.7 Å². The number of aliphatic hydroxyl groups is 1. The highest BCUT2D eigenvalue weighted by molar-refractivity contribution is 9.10. The van der Waals surface area contributed by atoms with E-state index in [4.69, 9.17) is 9.47 Å². The van der Waals surface area contributed by atoms with Crippen molar-refractivity contribution in [3.05, 3.63) is 58.1 Å². The van der Waals surface area contributed by atoms with Crippen LogP contribution in [0.15, 0.2) is 52.0 Å². The lowest BCUT2D eigenvalue weighted by molar-refractivity contribution is -0.401. The van der Waals surface area contributed by atoms with E-state index in [0.717, 1.165) is 0 Å². The molecule has 2 heterocycles. The standard InChI is InChI=1S/C22H16BrF7N2O4/c23-14-5-3-13(4-6-14)15-10-19(34,20(24,25)21(26,27)22(28,29)30)32(31-15)18(33)8-2-12-1-7-16-17(9-12)36-11-35-16/h1,3-7,9,34H,2,8,10-11H2/t19-/m0/s1. The number of nitrogens with zero attached hydrogens (tertiary/aromatic N) is 2. The van der Waals surface area contributed by atoms with Crippen LogP contribution in [0.3, 0.4) is 0 Å². The minimum atomic E-state index is -6.71. The second-order valence-corrected chi connectivity index (χ2v) is 9.00. The molecule has 36 heavy (non-hydrogen) atoms. The molecule has 0 saturated carbocycles. The number of carbonyl (C=O) groups excluding carboxylic acids is 1. The van der Waals surface area contributed by atoms with E-state index in [1.807, 2.05) is 0 Å². The molecule has 14 heteroatoms. The molecule has 1 amide bonds. The monoisotopic (exact) mass is 584 g/mol. The molecule has 0 bridgehead atoms. The summed E-state index contributed by atoms with van der Waals surface area (Å²) in [7, 11) is 0. The minimum Gasteiger partial charge on any atom is -0.454 e. The Morgan fingerprint density at radius 2 is 1.67 bits per heavy atom. The van der Waals surface area contributed by atoms with Crippen molar-refractivity contribution in [2.24, 2.45) is 5.10 Å². The Morgan fingerprint density at radius 3 is 2.31 bits per heavy atom. The summed E-state index contributed by atoms with van der Waals surface area (Å²) in [5, 5.41) is 13.9. The molecular weight excluding hydrogens is 569 g/mol. The number of rotatable bonds is 6. The van der Waals surface area contributed by atoms with E-state index in [1.165, 1.54) is 42.5 Å². The Bertz CT molecular complexity index is 1200. The molecule has 2 aliphatic heterocycles. The Balaban J connectivity index is 1.66. The van der Waals surface area contributed by atoms with Crippen molar-refractivity contribution in [1.29, 1.82) is 0 Å². The number of ether oxygens (including phenoxy) is 2. The SMILES string of the molecule is O=C(CCc1ccc2c(c1)OCO2)N1N=C(c2ccc(Br)cc2)C[C@]1(O)C(F)(F)C(F)(F)C(F)(F)F. The van der Waals surface area contributed by atoms with Gasteiger partial charge in [0.25, 0.3) is 0 Å². The summed E-state index contributed by atoms with van der Waals surface area (Å²) in [6, 6.07) is 10.0. The number of hydrogen-bond donors (Lipinski definition) is 1. The predicted molar refractivity (Wildman–Crippen MR) is 114 cm³/mol. The summed E-state index contributed by atoms with van der Waals surface area (Å²) in [5.74, 6) is -13.4. The number of fused-ring (bicyclic) bond motifs is 1. The third-order valence-corrected chi connectivity index (χ3v) is 6.25. The number of hydrazone groups is 1. The first-order valence-electron chi connectivity index (χ1n) is 10.3. The minimum absolute atomic E-state index is 0.0332. The predicted octanol–water partition coefficient (Wildman–Crippen LogP) is 5.27. The molecule has 0 saturated heterocycles. The van der Waals surface area contributed by atoms with Gasteiger partial charge in [0.2, 0.25) is 18.4 Å². The van der Waals surface area contributed by atoms with Crippen molar-refractivity contribution in [2.45, 2.75) is 43.0 Å². The average Bonchev–Trinajstić information content (AvgIpc) is 3.42. The maximum atomic E-state index is 14.8. The number of halogens is 8. The quantitative estimate of drug-likeness (QED) is 0.470. The molecule has 0 aromatic heterocycles. The molecule has 2 aromatic carbocycles. The van der Waals surface area contributed by atoms with Gasteiger partial charge in [0, 0.05) is 17.3 Å². The van der Waals surface area contributed by atoms with E-state index >= 15 is 0 Å². The largest absolute Gasteiger partial charge is 0.460 e. The third kappa shape index (κ3) is 4.29. The molecule has 0 radical (unpaired) electrons. The first-order chi connectivity index (χ1) is 16.7. The Morgan fingerprint density at radius 1 is 1.03 bits per heavy atom. The van der Waals surface area contributed by atoms with Crippen molar-refractivity contribution in [3.63, 3.8) is 0 Å². The van der Waals surface area contributed by atoms with Gasteiger partial charge in [-0.25, -0.2) is 0 Å². The second kappa shape index (κ2) is 8.91. The Hall–Kier alpha value is -2.87. The molecule has 0 unspecified atom stereocenters. The van der Waals surface area contributed by atoms with Gasteiger partial charge in [-0.3, -0.25) is 4.79 Å². The van der Waals surface area contributed by atoms with Gasteiger partial charge >= 0.3 is 18.0 Å². The lowest BCUT2D eigenvalue weighted by Crippen LogP contribution is -2.69. The van der Waals surface area contributed by atoms with Gasteiger partial charge in [-0.05, 0) is 41.8 Å². The van der Waals surface area contributed by atoms with Crippen LogP contribution in [-0.4, -0.2) is 52.3 Å². The topological polar surface area (TPSA) is 71.4 Å². The van der Waals surface area contributed by atoms with E-state index in [0.29, 0.717) is 21.5 Å². The Kier molecular flexibility index (Phi) is 6.48. The van der Waals surface area contributed by atoms with Crippen LogP contribution in [0.25, 0.3) is 0 Å². The average molecular weight is 585 g/mol. The van der Waals surface area contributed by atoms with E-state index < -0.39 is 48.2 Å². The molecular formula is C22H16BrF7N2O4. The van der Waals surface area contributed by atoms with Crippen LogP contribution in [0, 0.1) is 0 Å². The van der Waals surface area contributed by atoms with E-state index in [9.17, 15) is 40.6 Å². The highest BCUT2D eigenvalue weighted by Gasteiger charge is 2.82. The number of hydrogen-bond acceptors (Lipinski definition) is 5. The molecule has 2 aliphatic rings.